The van der Waals surface area contributed by atoms with E-state index in [0.717, 1.165) is 5.56 Å². The van der Waals surface area contributed by atoms with Gasteiger partial charge in [0, 0.05) is 11.1 Å². The molecule has 1 heterocycles. The van der Waals surface area contributed by atoms with E-state index in [4.69, 9.17) is 14.2 Å². The number of carbonyl (C=O) groups is 3. The summed E-state index contributed by atoms with van der Waals surface area (Å²) in [5.74, 6) is -0.921. The van der Waals surface area contributed by atoms with Crippen LogP contribution in [0.3, 0.4) is 0 Å². The summed E-state index contributed by atoms with van der Waals surface area (Å²) in [4.78, 5) is 40.7. The Bertz CT molecular complexity index is 1270. The molecule has 0 aromatic heterocycles. The van der Waals surface area contributed by atoms with Crippen molar-refractivity contribution in [2.24, 2.45) is 5.41 Å². The summed E-state index contributed by atoms with van der Waals surface area (Å²) in [7, 11) is 1.51. The van der Waals surface area contributed by atoms with Crippen molar-refractivity contribution < 1.29 is 33.7 Å². The topological polar surface area (TPSA) is 102 Å². The van der Waals surface area contributed by atoms with Gasteiger partial charge in [0.05, 0.1) is 38.0 Å². The van der Waals surface area contributed by atoms with Crippen molar-refractivity contribution >= 4 is 23.5 Å². The fourth-order valence-corrected chi connectivity index (χ4v) is 4.93. The zero-order chi connectivity index (χ0) is 27.3. The first-order chi connectivity index (χ1) is 18.3. The molecule has 1 aliphatic carbocycles. The fraction of sp³-hybridized carbons (Fsp3) is 0.367. The molecule has 0 saturated carbocycles. The standard InChI is InChI=1S/C30H33NO7/c1-4-37-26(32)22-13-15-29(16-14-22,28(34)38-5-2)17-18-30(35)24-19-23(36-3)11-12-25(24)31(27(30)33)20-21-9-7-6-8-10-21/h6-13,17-19,35H,4-5,14-16,20H2,1-3H3/b18-17+. The molecule has 1 amide bonds. The molecule has 200 valence electrons. The summed E-state index contributed by atoms with van der Waals surface area (Å²) in [5, 5.41) is 11.9. The van der Waals surface area contributed by atoms with E-state index in [0.29, 0.717) is 29.0 Å². The van der Waals surface area contributed by atoms with Crippen molar-refractivity contribution in [2.75, 3.05) is 25.2 Å². The average molecular weight is 520 g/mol. The zero-order valence-electron chi connectivity index (χ0n) is 21.9. The number of benzene rings is 2. The highest BCUT2D eigenvalue weighted by atomic mass is 16.5. The highest BCUT2D eigenvalue weighted by molar-refractivity contribution is 6.08. The molecule has 2 atom stereocenters. The van der Waals surface area contributed by atoms with E-state index in [9.17, 15) is 19.5 Å². The Morgan fingerprint density at radius 1 is 1.05 bits per heavy atom. The highest BCUT2D eigenvalue weighted by Gasteiger charge is 2.50. The maximum atomic E-state index is 13.8. The number of hydrogen-bond acceptors (Lipinski definition) is 7. The molecule has 2 aliphatic rings. The monoisotopic (exact) mass is 519 g/mol. The number of nitrogens with zero attached hydrogens (tertiary/aromatic N) is 1. The Balaban J connectivity index is 1.73. The van der Waals surface area contributed by atoms with Gasteiger partial charge >= 0.3 is 11.9 Å². The third kappa shape index (κ3) is 5.09. The van der Waals surface area contributed by atoms with Gasteiger partial charge in [-0.3, -0.25) is 9.59 Å². The molecule has 8 heteroatoms. The SMILES string of the molecule is CCOC(=O)C1=CCC(/C=C/C2(O)C(=O)N(Cc3ccccc3)c3ccc(OC)cc32)(C(=O)OCC)CC1. The molecule has 0 bridgehead atoms. The molecular formula is C30H33NO7. The van der Waals surface area contributed by atoms with Gasteiger partial charge in [-0.1, -0.05) is 42.5 Å². The third-order valence-corrected chi connectivity index (χ3v) is 7.08. The summed E-state index contributed by atoms with van der Waals surface area (Å²) in [6.07, 6.45) is 5.39. The first-order valence-corrected chi connectivity index (χ1v) is 12.8. The second-order valence-corrected chi connectivity index (χ2v) is 9.39. The van der Waals surface area contributed by atoms with Crippen molar-refractivity contribution in [3.8, 4) is 5.75 Å². The number of esters is 2. The largest absolute Gasteiger partial charge is 0.497 e. The fourth-order valence-electron chi connectivity index (χ4n) is 4.93. The smallest absolute Gasteiger partial charge is 0.333 e. The van der Waals surface area contributed by atoms with Crippen LogP contribution in [-0.2, 0) is 36.0 Å². The van der Waals surface area contributed by atoms with Gasteiger partial charge in [-0.2, -0.15) is 0 Å². The number of methoxy groups -OCH3 is 1. The van der Waals surface area contributed by atoms with Crippen LogP contribution in [0.5, 0.6) is 5.75 Å². The van der Waals surface area contributed by atoms with Gasteiger partial charge in [-0.15, -0.1) is 0 Å². The van der Waals surface area contributed by atoms with Crippen LogP contribution in [0.15, 0.2) is 72.3 Å². The lowest BCUT2D eigenvalue weighted by molar-refractivity contribution is -0.153. The van der Waals surface area contributed by atoms with Gasteiger partial charge in [0.25, 0.3) is 5.91 Å². The van der Waals surface area contributed by atoms with Crippen molar-refractivity contribution in [3.63, 3.8) is 0 Å². The Labute approximate surface area is 222 Å². The second kappa shape index (κ2) is 11.2. The van der Waals surface area contributed by atoms with Crippen LogP contribution in [0, 0.1) is 5.41 Å². The molecule has 38 heavy (non-hydrogen) atoms. The summed E-state index contributed by atoms with van der Waals surface area (Å²) in [5.41, 5.74) is -0.837. The van der Waals surface area contributed by atoms with E-state index in [2.05, 4.69) is 0 Å². The molecule has 0 spiro atoms. The van der Waals surface area contributed by atoms with E-state index in [1.807, 2.05) is 30.3 Å². The predicted molar refractivity (Wildman–Crippen MR) is 141 cm³/mol. The number of anilines is 1. The van der Waals surface area contributed by atoms with E-state index >= 15 is 0 Å². The van der Waals surface area contributed by atoms with Crippen LogP contribution >= 0.6 is 0 Å². The van der Waals surface area contributed by atoms with E-state index in [1.54, 1.807) is 44.2 Å². The van der Waals surface area contributed by atoms with Gasteiger partial charge in [0.15, 0.2) is 5.60 Å². The Hall–Kier alpha value is -3.91. The van der Waals surface area contributed by atoms with E-state index in [-0.39, 0.29) is 32.6 Å². The first-order valence-electron chi connectivity index (χ1n) is 12.8. The Kier molecular flexibility index (Phi) is 8.02. The quantitative estimate of drug-likeness (QED) is 0.391. The van der Waals surface area contributed by atoms with Crippen LogP contribution in [-0.4, -0.2) is 43.3 Å². The highest BCUT2D eigenvalue weighted by Crippen LogP contribution is 2.46. The average Bonchev–Trinajstić information content (AvgIpc) is 3.14. The molecule has 8 nitrogen and oxygen atoms in total. The van der Waals surface area contributed by atoms with Crippen molar-refractivity contribution in [1.82, 2.24) is 0 Å². The van der Waals surface area contributed by atoms with Gasteiger partial charge in [0.2, 0.25) is 0 Å². The molecule has 0 saturated heterocycles. The van der Waals surface area contributed by atoms with E-state index < -0.39 is 28.9 Å². The van der Waals surface area contributed by atoms with Gasteiger partial charge in [0.1, 0.15) is 5.75 Å². The Morgan fingerprint density at radius 3 is 2.42 bits per heavy atom. The van der Waals surface area contributed by atoms with Crippen molar-refractivity contribution in [3.05, 3.63) is 83.5 Å². The van der Waals surface area contributed by atoms with Crippen LogP contribution in [0.2, 0.25) is 0 Å². The molecule has 1 aliphatic heterocycles. The molecular weight excluding hydrogens is 486 g/mol. The molecule has 2 aromatic carbocycles. The maximum Gasteiger partial charge on any atom is 0.333 e. The molecule has 0 fully saturated rings. The number of hydrogen-bond donors (Lipinski definition) is 1. The number of aliphatic hydroxyl groups is 1. The molecule has 2 unspecified atom stereocenters. The summed E-state index contributed by atoms with van der Waals surface area (Å²) in [6, 6.07) is 14.6. The van der Waals surface area contributed by atoms with Gasteiger partial charge in [-0.25, -0.2) is 4.79 Å². The van der Waals surface area contributed by atoms with Crippen LogP contribution < -0.4 is 9.64 Å². The Morgan fingerprint density at radius 2 is 1.79 bits per heavy atom. The number of ether oxygens (including phenoxy) is 3. The summed E-state index contributed by atoms with van der Waals surface area (Å²) < 4.78 is 15.9. The molecule has 1 N–H and O–H groups in total. The number of rotatable bonds is 9. The lowest BCUT2D eigenvalue weighted by atomic mass is 9.73. The van der Waals surface area contributed by atoms with E-state index in [1.165, 1.54) is 18.1 Å². The summed E-state index contributed by atoms with van der Waals surface area (Å²) >= 11 is 0. The number of amides is 1. The van der Waals surface area contributed by atoms with Crippen LogP contribution in [0.25, 0.3) is 0 Å². The minimum absolute atomic E-state index is 0.178. The van der Waals surface area contributed by atoms with Crippen molar-refractivity contribution in [1.29, 1.82) is 0 Å². The number of allylic oxidation sites excluding steroid dienone is 1. The molecule has 4 rings (SSSR count). The van der Waals surface area contributed by atoms with Gasteiger partial charge < -0.3 is 24.2 Å². The normalized spacial score (nSPS) is 22.7. The predicted octanol–water partition coefficient (Wildman–Crippen LogP) is 4.21. The number of fused-ring (bicyclic) bond motifs is 1. The zero-order valence-corrected chi connectivity index (χ0v) is 21.9. The van der Waals surface area contributed by atoms with Crippen molar-refractivity contribution in [2.45, 2.75) is 45.3 Å². The molecule has 2 aromatic rings. The summed E-state index contributed by atoms with van der Waals surface area (Å²) in [6.45, 7) is 4.16. The third-order valence-electron chi connectivity index (χ3n) is 7.08. The van der Waals surface area contributed by atoms with Crippen LogP contribution in [0.4, 0.5) is 5.69 Å². The van der Waals surface area contributed by atoms with Crippen LogP contribution in [0.1, 0.15) is 44.2 Å². The first kappa shape index (κ1) is 27.1. The minimum atomic E-state index is -2.02. The minimum Gasteiger partial charge on any atom is -0.497 e. The lowest BCUT2D eigenvalue weighted by Crippen LogP contribution is -2.40. The maximum absolute atomic E-state index is 13.8. The molecule has 0 radical (unpaired) electrons. The second-order valence-electron chi connectivity index (χ2n) is 9.39. The lowest BCUT2D eigenvalue weighted by Gasteiger charge is -2.32. The number of carbonyl (C=O) groups excluding carboxylic acids is 3. The van der Waals surface area contributed by atoms with Gasteiger partial charge in [-0.05, 0) is 62.9 Å².